The Morgan fingerprint density at radius 2 is 2.00 bits per heavy atom. The van der Waals surface area contributed by atoms with E-state index in [4.69, 9.17) is 4.42 Å². The summed E-state index contributed by atoms with van der Waals surface area (Å²) in [5.41, 5.74) is 1.76. The van der Waals surface area contributed by atoms with Gasteiger partial charge in [0, 0.05) is 0 Å². The predicted molar refractivity (Wildman–Crippen MR) is 34.0 cm³/mol. The van der Waals surface area contributed by atoms with Crippen molar-refractivity contribution in [1.82, 2.24) is 4.98 Å². The van der Waals surface area contributed by atoms with Gasteiger partial charge in [0.15, 0.2) is 12.0 Å². The standard InChI is InChI=1S/C7H5NO.HI/c1-2-4-7-6(3-1)8-5-9-7;/h1-5H;1H/p-1. The Balaban J connectivity index is 0.000000500. The maximum Gasteiger partial charge on any atom is 0.181 e. The average Bonchev–Trinajstić information content (AvgIpc) is 2.33. The quantitative estimate of drug-likeness (QED) is 0.547. The first kappa shape index (κ1) is 7.53. The van der Waals surface area contributed by atoms with Crippen molar-refractivity contribution in [3.63, 3.8) is 0 Å². The molecule has 0 aliphatic heterocycles. The third kappa shape index (κ3) is 1.13. The van der Waals surface area contributed by atoms with Gasteiger partial charge in [-0.25, -0.2) is 4.98 Å². The largest absolute Gasteiger partial charge is 1.00 e. The molecule has 2 rings (SSSR count). The summed E-state index contributed by atoms with van der Waals surface area (Å²) in [5, 5.41) is 0. The van der Waals surface area contributed by atoms with Gasteiger partial charge in [0.2, 0.25) is 0 Å². The summed E-state index contributed by atoms with van der Waals surface area (Å²) < 4.78 is 5.01. The highest BCUT2D eigenvalue weighted by atomic mass is 127. The molecular formula is C7H5INO-. The van der Waals surface area contributed by atoms with E-state index >= 15 is 0 Å². The molecule has 0 saturated carbocycles. The van der Waals surface area contributed by atoms with Gasteiger partial charge in [-0.3, -0.25) is 0 Å². The second-order valence-electron chi connectivity index (χ2n) is 1.82. The van der Waals surface area contributed by atoms with Gasteiger partial charge in [0.25, 0.3) is 0 Å². The summed E-state index contributed by atoms with van der Waals surface area (Å²) in [7, 11) is 0. The van der Waals surface area contributed by atoms with E-state index in [-0.39, 0.29) is 24.0 Å². The lowest BCUT2D eigenvalue weighted by Gasteiger charge is -1.79. The minimum absolute atomic E-state index is 0. The molecule has 0 atom stereocenters. The molecule has 0 amide bonds. The number of benzene rings is 1. The maximum atomic E-state index is 5.01. The summed E-state index contributed by atoms with van der Waals surface area (Å²) in [5.74, 6) is 0. The Kier molecular flexibility index (Phi) is 2.26. The molecular weight excluding hydrogens is 241 g/mol. The zero-order valence-corrected chi connectivity index (χ0v) is 7.28. The first-order valence-corrected chi connectivity index (χ1v) is 2.75. The molecule has 0 N–H and O–H groups in total. The summed E-state index contributed by atoms with van der Waals surface area (Å²) in [4.78, 5) is 3.95. The molecule has 0 bridgehead atoms. The monoisotopic (exact) mass is 246 g/mol. The van der Waals surface area contributed by atoms with E-state index < -0.39 is 0 Å². The molecule has 0 aliphatic carbocycles. The molecule has 0 fully saturated rings. The number of para-hydroxylation sites is 2. The fraction of sp³-hybridized carbons (Fsp3) is 0. The van der Waals surface area contributed by atoms with Crippen molar-refractivity contribution in [3.05, 3.63) is 30.7 Å². The predicted octanol–water partition coefficient (Wildman–Crippen LogP) is -1.17. The maximum absolute atomic E-state index is 5.01. The second kappa shape index (κ2) is 3.01. The summed E-state index contributed by atoms with van der Waals surface area (Å²) in [6, 6.07) is 7.67. The Morgan fingerprint density at radius 1 is 1.20 bits per heavy atom. The second-order valence-corrected chi connectivity index (χ2v) is 1.82. The SMILES string of the molecule is [I-].c1ccc2ocnc2c1. The fourth-order valence-electron chi connectivity index (χ4n) is 0.803. The first-order valence-electron chi connectivity index (χ1n) is 2.75. The van der Waals surface area contributed by atoms with Crippen LogP contribution in [0.1, 0.15) is 0 Å². The number of nitrogens with zero attached hydrogens (tertiary/aromatic N) is 1. The molecule has 1 aromatic carbocycles. The van der Waals surface area contributed by atoms with E-state index in [0.717, 1.165) is 11.1 Å². The highest BCUT2D eigenvalue weighted by Gasteiger charge is 1.91. The van der Waals surface area contributed by atoms with E-state index in [2.05, 4.69) is 4.98 Å². The van der Waals surface area contributed by atoms with Gasteiger partial charge in [0.1, 0.15) is 5.52 Å². The van der Waals surface area contributed by atoms with Crippen molar-refractivity contribution in [2.45, 2.75) is 0 Å². The molecule has 0 spiro atoms. The Bertz CT molecular complexity index is 288. The van der Waals surface area contributed by atoms with Crippen LogP contribution in [-0.4, -0.2) is 4.98 Å². The number of aromatic nitrogens is 1. The van der Waals surface area contributed by atoms with Crippen LogP contribution in [0.3, 0.4) is 0 Å². The van der Waals surface area contributed by atoms with E-state index in [1.54, 1.807) is 0 Å². The van der Waals surface area contributed by atoms with Crippen molar-refractivity contribution in [1.29, 1.82) is 0 Å². The first-order chi connectivity index (χ1) is 4.47. The van der Waals surface area contributed by atoms with E-state index in [9.17, 15) is 0 Å². The van der Waals surface area contributed by atoms with Crippen LogP contribution in [0.15, 0.2) is 35.1 Å². The molecule has 0 radical (unpaired) electrons. The van der Waals surface area contributed by atoms with Crippen LogP contribution in [0, 0.1) is 0 Å². The van der Waals surface area contributed by atoms with Crippen LogP contribution in [0.25, 0.3) is 11.1 Å². The zero-order valence-electron chi connectivity index (χ0n) is 5.12. The lowest BCUT2D eigenvalue weighted by molar-refractivity contribution is -0.00000231. The molecule has 1 heterocycles. The van der Waals surface area contributed by atoms with Crippen molar-refractivity contribution in [3.8, 4) is 0 Å². The number of halogens is 1. The molecule has 1 aromatic heterocycles. The molecule has 10 heavy (non-hydrogen) atoms. The zero-order chi connectivity index (χ0) is 6.10. The number of rotatable bonds is 0. The highest BCUT2D eigenvalue weighted by molar-refractivity contribution is 5.71. The molecule has 2 aromatic rings. The third-order valence-electron chi connectivity index (χ3n) is 1.24. The summed E-state index contributed by atoms with van der Waals surface area (Å²) in [6.45, 7) is 0. The van der Waals surface area contributed by atoms with Crippen LogP contribution in [0.4, 0.5) is 0 Å². The van der Waals surface area contributed by atoms with Gasteiger partial charge < -0.3 is 28.4 Å². The van der Waals surface area contributed by atoms with Crippen LogP contribution in [0.2, 0.25) is 0 Å². The Morgan fingerprint density at radius 3 is 2.80 bits per heavy atom. The summed E-state index contributed by atoms with van der Waals surface area (Å²) in [6.07, 6.45) is 1.45. The number of hydrogen-bond donors (Lipinski definition) is 0. The van der Waals surface area contributed by atoms with Gasteiger partial charge in [-0.2, -0.15) is 0 Å². The van der Waals surface area contributed by atoms with Gasteiger partial charge >= 0.3 is 0 Å². The molecule has 0 saturated heterocycles. The number of oxazole rings is 1. The van der Waals surface area contributed by atoms with E-state index in [0.29, 0.717) is 0 Å². The average molecular weight is 246 g/mol. The smallest absolute Gasteiger partial charge is 0.181 e. The van der Waals surface area contributed by atoms with E-state index in [1.165, 1.54) is 6.39 Å². The van der Waals surface area contributed by atoms with Crippen LogP contribution < -0.4 is 24.0 Å². The van der Waals surface area contributed by atoms with Gasteiger partial charge in [-0.15, -0.1) is 0 Å². The van der Waals surface area contributed by atoms with Crippen molar-refractivity contribution < 1.29 is 28.4 Å². The van der Waals surface area contributed by atoms with Gasteiger partial charge in [-0.05, 0) is 12.1 Å². The number of hydrogen-bond acceptors (Lipinski definition) is 2. The fourth-order valence-corrected chi connectivity index (χ4v) is 0.803. The molecule has 0 aliphatic rings. The summed E-state index contributed by atoms with van der Waals surface area (Å²) >= 11 is 0. The van der Waals surface area contributed by atoms with Crippen molar-refractivity contribution >= 4 is 11.1 Å². The molecule has 2 nitrogen and oxygen atoms in total. The normalized spacial score (nSPS) is 9.20. The highest BCUT2D eigenvalue weighted by Crippen LogP contribution is 2.09. The van der Waals surface area contributed by atoms with Crippen LogP contribution in [-0.2, 0) is 0 Å². The van der Waals surface area contributed by atoms with Crippen molar-refractivity contribution in [2.75, 3.05) is 0 Å². The third-order valence-corrected chi connectivity index (χ3v) is 1.24. The van der Waals surface area contributed by atoms with Crippen molar-refractivity contribution in [2.24, 2.45) is 0 Å². The minimum atomic E-state index is 0. The number of fused-ring (bicyclic) bond motifs is 1. The van der Waals surface area contributed by atoms with E-state index in [1.807, 2.05) is 24.3 Å². The Hall–Kier alpha value is -0.580. The van der Waals surface area contributed by atoms with Gasteiger partial charge in [-0.1, -0.05) is 12.1 Å². The topological polar surface area (TPSA) is 26.0 Å². The minimum Gasteiger partial charge on any atom is -1.00 e. The van der Waals surface area contributed by atoms with Crippen LogP contribution in [0.5, 0.6) is 0 Å². The Labute approximate surface area is 75.3 Å². The molecule has 0 unspecified atom stereocenters. The lowest BCUT2D eigenvalue weighted by Crippen LogP contribution is -3.00. The lowest BCUT2D eigenvalue weighted by atomic mass is 10.3. The van der Waals surface area contributed by atoms with Crippen LogP contribution >= 0.6 is 0 Å². The molecule has 3 heteroatoms. The molecule has 52 valence electrons. The van der Waals surface area contributed by atoms with Gasteiger partial charge in [0.05, 0.1) is 0 Å².